The number of aryl methyl sites for hydroxylation is 1. The van der Waals surface area contributed by atoms with E-state index in [1.165, 1.54) is 18.2 Å². The molecule has 0 spiro atoms. The lowest BCUT2D eigenvalue weighted by atomic mass is 9.96. The van der Waals surface area contributed by atoms with Crippen LogP contribution in [0.1, 0.15) is 15.9 Å². The van der Waals surface area contributed by atoms with Crippen molar-refractivity contribution in [2.45, 2.75) is 11.8 Å². The third-order valence-electron chi connectivity index (χ3n) is 5.09. The molecule has 0 unspecified atom stereocenters. The molecule has 0 aliphatic carbocycles. The van der Waals surface area contributed by atoms with Crippen molar-refractivity contribution in [3.8, 4) is 11.1 Å². The summed E-state index contributed by atoms with van der Waals surface area (Å²) in [6, 6.07) is 20.1. The maximum absolute atomic E-state index is 13.1. The predicted octanol–water partition coefficient (Wildman–Crippen LogP) is 6.62. The summed E-state index contributed by atoms with van der Waals surface area (Å²) in [7, 11) is -3.99. The van der Waals surface area contributed by atoms with E-state index in [-0.39, 0.29) is 15.5 Å². The summed E-state index contributed by atoms with van der Waals surface area (Å²) in [6.45, 7) is 1.70. The lowest BCUT2D eigenvalue weighted by Crippen LogP contribution is -2.14. The fourth-order valence-electron chi connectivity index (χ4n) is 3.50. The van der Waals surface area contributed by atoms with Crippen LogP contribution < -0.4 is 4.72 Å². The molecule has 0 saturated carbocycles. The first-order chi connectivity index (χ1) is 15.2. The smallest absolute Gasteiger partial charge is 0.335 e. The van der Waals surface area contributed by atoms with Crippen LogP contribution in [-0.4, -0.2) is 19.5 Å². The van der Waals surface area contributed by atoms with Crippen molar-refractivity contribution in [2.24, 2.45) is 0 Å². The molecule has 0 aliphatic heterocycles. The van der Waals surface area contributed by atoms with Crippen molar-refractivity contribution in [2.75, 3.05) is 4.72 Å². The van der Waals surface area contributed by atoms with Gasteiger partial charge in [-0.3, -0.25) is 4.72 Å². The Hall–Kier alpha value is -3.06. The summed E-state index contributed by atoms with van der Waals surface area (Å²) in [5.41, 5.74) is 2.64. The summed E-state index contributed by atoms with van der Waals surface area (Å²) in [4.78, 5) is 11.3. The Morgan fingerprint density at radius 3 is 2.31 bits per heavy atom. The summed E-state index contributed by atoms with van der Waals surface area (Å²) >= 11 is 12.2. The van der Waals surface area contributed by atoms with Crippen LogP contribution in [0.2, 0.25) is 10.0 Å². The number of halogens is 2. The van der Waals surface area contributed by atoms with Crippen LogP contribution in [0, 0.1) is 6.92 Å². The second-order valence-electron chi connectivity index (χ2n) is 7.23. The summed E-state index contributed by atoms with van der Waals surface area (Å²) < 4.78 is 28.8. The van der Waals surface area contributed by atoms with Gasteiger partial charge < -0.3 is 5.11 Å². The van der Waals surface area contributed by atoms with Crippen LogP contribution in [0.4, 0.5) is 5.69 Å². The van der Waals surface area contributed by atoms with E-state index in [1.54, 1.807) is 43.3 Å². The molecule has 2 N–H and O–H groups in total. The van der Waals surface area contributed by atoms with E-state index in [0.717, 1.165) is 10.9 Å². The Kier molecular flexibility index (Phi) is 5.86. The molecule has 8 heteroatoms. The number of sulfonamides is 1. The van der Waals surface area contributed by atoms with Crippen molar-refractivity contribution < 1.29 is 18.3 Å². The van der Waals surface area contributed by atoms with E-state index in [4.69, 9.17) is 23.2 Å². The van der Waals surface area contributed by atoms with Crippen molar-refractivity contribution in [3.05, 3.63) is 94.0 Å². The molecule has 0 atom stereocenters. The molecule has 4 aromatic rings. The van der Waals surface area contributed by atoms with Gasteiger partial charge in [0.25, 0.3) is 10.0 Å². The van der Waals surface area contributed by atoms with Crippen LogP contribution in [-0.2, 0) is 10.0 Å². The number of anilines is 1. The zero-order valence-electron chi connectivity index (χ0n) is 16.8. The van der Waals surface area contributed by atoms with Gasteiger partial charge in [0.2, 0.25) is 0 Å². The highest BCUT2D eigenvalue weighted by atomic mass is 35.5. The van der Waals surface area contributed by atoms with E-state index >= 15 is 0 Å². The van der Waals surface area contributed by atoms with Gasteiger partial charge in [0.05, 0.1) is 16.3 Å². The molecule has 0 aromatic heterocycles. The first kappa shape index (κ1) is 22.1. The highest BCUT2D eigenvalue weighted by Gasteiger charge is 2.21. The van der Waals surface area contributed by atoms with Crippen molar-refractivity contribution >= 4 is 55.7 Å². The predicted molar refractivity (Wildman–Crippen MR) is 128 cm³/mol. The molecule has 0 radical (unpaired) electrons. The minimum absolute atomic E-state index is 0.0273. The maximum Gasteiger partial charge on any atom is 0.335 e. The van der Waals surface area contributed by atoms with Gasteiger partial charge >= 0.3 is 5.97 Å². The number of carboxylic acids is 1. The Bertz CT molecular complexity index is 1480. The number of carboxylic acid groups (broad SMARTS) is 1. The molecule has 0 saturated heterocycles. The van der Waals surface area contributed by atoms with E-state index < -0.39 is 16.0 Å². The lowest BCUT2D eigenvalue weighted by molar-refractivity contribution is 0.0697. The summed E-state index contributed by atoms with van der Waals surface area (Å²) in [5, 5.41) is 11.2. The third-order valence-corrected chi connectivity index (χ3v) is 7.33. The first-order valence-corrected chi connectivity index (χ1v) is 11.8. The lowest BCUT2D eigenvalue weighted by Gasteiger charge is -2.15. The summed E-state index contributed by atoms with van der Waals surface area (Å²) in [6.07, 6.45) is 0. The number of fused-ring (bicyclic) bond motifs is 1. The Morgan fingerprint density at radius 2 is 1.59 bits per heavy atom. The topological polar surface area (TPSA) is 83.5 Å². The fraction of sp³-hybridized carbons (Fsp3) is 0.0417. The Morgan fingerprint density at radius 1 is 0.875 bits per heavy atom. The number of hydrogen-bond acceptors (Lipinski definition) is 3. The zero-order valence-corrected chi connectivity index (χ0v) is 19.1. The highest BCUT2D eigenvalue weighted by molar-refractivity contribution is 7.92. The molecule has 4 rings (SSSR count). The molecular weight excluding hydrogens is 469 g/mol. The molecule has 0 bridgehead atoms. The van der Waals surface area contributed by atoms with E-state index in [9.17, 15) is 18.3 Å². The SMILES string of the molecule is Cc1cc(S(=O)(=O)Nc2ccc(-c3cccc(C(=O)O)c3)c3ccccc23)c(Cl)cc1Cl. The van der Waals surface area contributed by atoms with Crippen molar-refractivity contribution in [1.82, 2.24) is 0 Å². The number of nitrogens with one attached hydrogen (secondary N) is 1. The average Bonchev–Trinajstić information content (AvgIpc) is 2.76. The highest BCUT2D eigenvalue weighted by Crippen LogP contribution is 2.36. The average molecular weight is 486 g/mol. The third kappa shape index (κ3) is 4.17. The second-order valence-corrected chi connectivity index (χ2v) is 9.69. The molecular formula is C24H17Cl2NO4S. The minimum Gasteiger partial charge on any atom is -0.478 e. The van der Waals surface area contributed by atoms with Crippen LogP contribution in [0.5, 0.6) is 0 Å². The first-order valence-electron chi connectivity index (χ1n) is 9.51. The van der Waals surface area contributed by atoms with Crippen molar-refractivity contribution in [1.29, 1.82) is 0 Å². The van der Waals surface area contributed by atoms with Gasteiger partial charge in [0.15, 0.2) is 0 Å². The van der Waals surface area contributed by atoms with E-state index in [0.29, 0.717) is 27.2 Å². The number of aromatic carboxylic acids is 1. The number of hydrogen-bond donors (Lipinski definition) is 2. The van der Waals surface area contributed by atoms with Gasteiger partial charge in [-0.05, 0) is 59.3 Å². The number of benzene rings is 4. The normalized spacial score (nSPS) is 11.5. The van der Waals surface area contributed by atoms with Gasteiger partial charge in [-0.25, -0.2) is 13.2 Å². The molecule has 0 fully saturated rings. The molecule has 0 amide bonds. The zero-order chi connectivity index (χ0) is 23.0. The minimum atomic E-state index is -3.99. The molecule has 32 heavy (non-hydrogen) atoms. The number of rotatable bonds is 5. The van der Waals surface area contributed by atoms with E-state index in [2.05, 4.69) is 4.72 Å². The Balaban J connectivity index is 1.83. The number of carbonyl (C=O) groups is 1. The van der Waals surface area contributed by atoms with Gasteiger partial charge in [0, 0.05) is 10.4 Å². The van der Waals surface area contributed by atoms with E-state index in [1.807, 2.05) is 18.2 Å². The summed E-state index contributed by atoms with van der Waals surface area (Å²) in [5.74, 6) is -1.02. The van der Waals surface area contributed by atoms with Crippen LogP contribution >= 0.6 is 23.2 Å². The van der Waals surface area contributed by atoms with Crippen molar-refractivity contribution in [3.63, 3.8) is 0 Å². The van der Waals surface area contributed by atoms with Crippen LogP contribution in [0.3, 0.4) is 0 Å². The molecule has 4 aromatic carbocycles. The maximum atomic E-state index is 13.1. The standard InChI is InChI=1S/C24H17Cl2NO4S/c1-14-11-23(21(26)13-20(14)25)32(30,31)27-22-10-9-17(18-7-2-3-8-19(18)22)15-5-4-6-16(12-15)24(28)29/h2-13,27H,1H3,(H,28,29). The Labute approximate surface area is 195 Å². The van der Waals surface area contributed by atoms with Gasteiger partial charge in [-0.2, -0.15) is 0 Å². The van der Waals surface area contributed by atoms with Crippen LogP contribution in [0.25, 0.3) is 21.9 Å². The molecule has 0 heterocycles. The molecule has 162 valence electrons. The second kappa shape index (κ2) is 8.47. The molecule has 0 aliphatic rings. The monoisotopic (exact) mass is 485 g/mol. The van der Waals surface area contributed by atoms with Gasteiger partial charge in [-0.15, -0.1) is 0 Å². The largest absolute Gasteiger partial charge is 0.478 e. The molecule has 5 nitrogen and oxygen atoms in total. The van der Waals surface area contributed by atoms with Crippen LogP contribution in [0.15, 0.2) is 77.7 Å². The fourth-order valence-corrected chi connectivity index (χ4v) is 5.41. The quantitative estimate of drug-likeness (QED) is 0.332. The van der Waals surface area contributed by atoms with Gasteiger partial charge in [-0.1, -0.05) is 65.7 Å². The van der Waals surface area contributed by atoms with Gasteiger partial charge in [0.1, 0.15) is 4.90 Å².